The van der Waals surface area contributed by atoms with E-state index < -0.39 is 0 Å². The van der Waals surface area contributed by atoms with Crippen molar-refractivity contribution in [3.05, 3.63) is 29.0 Å². The number of aryl methyl sites for hydroxylation is 1. The topological polar surface area (TPSA) is 60.7 Å². The first-order chi connectivity index (χ1) is 6.81. The van der Waals surface area contributed by atoms with Crippen LogP contribution in [0, 0.1) is 0 Å². The van der Waals surface area contributed by atoms with E-state index in [-0.39, 0.29) is 5.78 Å². The Morgan fingerprint density at radius 1 is 1.57 bits per heavy atom. The third-order valence-electron chi connectivity index (χ3n) is 1.80. The van der Waals surface area contributed by atoms with Gasteiger partial charge in [0, 0.05) is 12.7 Å². The van der Waals surface area contributed by atoms with E-state index in [1.165, 1.54) is 6.20 Å². The largest absolute Gasteiger partial charge is 0.287 e. The summed E-state index contributed by atoms with van der Waals surface area (Å²) in [5, 5.41) is 7.64. The van der Waals surface area contributed by atoms with Crippen molar-refractivity contribution in [3.8, 4) is 0 Å². The van der Waals surface area contributed by atoms with Gasteiger partial charge in [-0.05, 0) is 18.5 Å². The van der Waals surface area contributed by atoms with E-state index in [1.807, 2.05) is 6.92 Å². The van der Waals surface area contributed by atoms with Crippen molar-refractivity contribution in [2.24, 2.45) is 0 Å². The van der Waals surface area contributed by atoms with Crippen molar-refractivity contribution >= 4 is 17.3 Å². The number of hydrogen-bond donors (Lipinski definition) is 0. The van der Waals surface area contributed by atoms with Crippen LogP contribution < -0.4 is 0 Å². The average Bonchev–Trinajstić information content (AvgIpc) is 2.88. The molecule has 2 rings (SSSR count). The molecule has 0 spiro atoms. The monoisotopic (exact) mass is 208 g/mol. The lowest BCUT2D eigenvalue weighted by Gasteiger charge is -1.91. The molecule has 0 unspecified atom stereocenters. The second kappa shape index (κ2) is 3.67. The van der Waals surface area contributed by atoms with Crippen molar-refractivity contribution in [1.29, 1.82) is 0 Å². The fraction of sp³-hybridized carbons (Fsp3) is 0.250. The minimum atomic E-state index is -0.0697. The first-order valence-corrected chi connectivity index (χ1v) is 4.93. The molecule has 2 aromatic rings. The van der Waals surface area contributed by atoms with Crippen LogP contribution in [0.1, 0.15) is 22.2 Å². The predicted molar refractivity (Wildman–Crippen MR) is 51.2 cm³/mol. The van der Waals surface area contributed by atoms with Crippen LogP contribution in [0.3, 0.4) is 0 Å². The van der Waals surface area contributed by atoms with Crippen LogP contribution in [-0.2, 0) is 6.54 Å². The van der Waals surface area contributed by atoms with E-state index in [4.69, 9.17) is 0 Å². The average molecular weight is 208 g/mol. The van der Waals surface area contributed by atoms with Gasteiger partial charge in [-0.3, -0.25) is 9.48 Å². The van der Waals surface area contributed by atoms with Gasteiger partial charge in [0.05, 0.1) is 18.0 Å². The number of nitrogens with zero attached hydrogens (tertiary/aromatic N) is 4. The van der Waals surface area contributed by atoms with Crippen LogP contribution in [0.25, 0.3) is 0 Å². The fourth-order valence-electron chi connectivity index (χ4n) is 1.06. The maximum atomic E-state index is 11.7. The summed E-state index contributed by atoms with van der Waals surface area (Å²) in [4.78, 5) is 12.3. The van der Waals surface area contributed by atoms with Crippen LogP contribution in [0.4, 0.5) is 0 Å². The predicted octanol–water partition coefficient (Wildman–Crippen LogP) is 0.986. The van der Waals surface area contributed by atoms with Crippen molar-refractivity contribution in [1.82, 2.24) is 19.4 Å². The SMILES string of the molecule is CCn1cc(C(=O)c2cnns2)cn1. The molecule has 0 saturated heterocycles. The summed E-state index contributed by atoms with van der Waals surface area (Å²) in [7, 11) is 0. The van der Waals surface area contributed by atoms with E-state index in [0.717, 1.165) is 18.1 Å². The fourth-order valence-corrected chi connectivity index (χ4v) is 1.54. The molecule has 2 aromatic heterocycles. The Hall–Kier alpha value is -1.56. The molecule has 2 heterocycles. The third kappa shape index (κ3) is 1.56. The van der Waals surface area contributed by atoms with Crippen molar-refractivity contribution in [2.75, 3.05) is 0 Å². The number of aromatic nitrogens is 4. The number of ketones is 1. The number of carbonyl (C=O) groups excluding carboxylic acids is 1. The van der Waals surface area contributed by atoms with Gasteiger partial charge in [-0.1, -0.05) is 4.49 Å². The number of rotatable bonds is 3. The minimum Gasteiger partial charge on any atom is -0.287 e. The Balaban J connectivity index is 2.28. The lowest BCUT2D eigenvalue weighted by atomic mass is 10.2. The summed E-state index contributed by atoms with van der Waals surface area (Å²) in [6, 6.07) is 0. The van der Waals surface area contributed by atoms with Gasteiger partial charge >= 0.3 is 0 Å². The van der Waals surface area contributed by atoms with Crippen LogP contribution in [0.15, 0.2) is 18.6 Å². The molecule has 0 aliphatic rings. The van der Waals surface area contributed by atoms with E-state index >= 15 is 0 Å². The summed E-state index contributed by atoms with van der Waals surface area (Å²) in [5.41, 5.74) is 0.581. The normalized spacial score (nSPS) is 10.4. The van der Waals surface area contributed by atoms with Crippen molar-refractivity contribution < 1.29 is 4.79 Å². The molecule has 0 aliphatic carbocycles. The highest BCUT2D eigenvalue weighted by molar-refractivity contribution is 7.08. The van der Waals surface area contributed by atoms with Crippen LogP contribution in [0.5, 0.6) is 0 Å². The molecule has 0 saturated carbocycles. The Morgan fingerprint density at radius 2 is 2.43 bits per heavy atom. The quantitative estimate of drug-likeness (QED) is 0.705. The highest BCUT2D eigenvalue weighted by atomic mass is 32.1. The molecule has 14 heavy (non-hydrogen) atoms. The molecule has 0 N–H and O–H groups in total. The van der Waals surface area contributed by atoms with Gasteiger partial charge in [0.2, 0.25) is 5.78 Å². The lowest BCUT2D eigenvalue weighted by Crippen LogP contribution is -1.97. The summed E-state index contributed by atoms with van der Waals surface area (Å²) >= 11 is 1.10. The molecule has 6 heteroatoms. The Labute approximate surface area is 84.5 Å². The van der Waals surface area contributed by atoms with Gasteiger partial charge in [-0.2, -0.15) is 5.10 Å². The van der Waals surface area contributed by atoms with Crippen LogP contribution in [0.2, 0.25) is 0 Å². The maximum absolute atomic E-state index is 11.7. The van der Waals surface area contributed by atoms with Crippen molar-refractivity contribution in [3.63, 3.8) is 0 Å². The van der Waals surface area contributed by atoms with E-state index in [9.17, 15) is 4.79 Å². The third-order valence-corrected chi connectivity index (χ3v) is 2.47. The molecule has 0 aliphatic heterocycles. The molecule has 5 nitrogen and oxygen atoms in total. The zero-order chi connectivity index (χ0) is 9.97. The maximum Gasteiger partial charge on any atom is 0.209 e. The smallest absolute Gasteiger partial charge is 0.209 e. The number of hydrogen-bond acceptors (Lipinski definition) is 5. The second-order valence-electron chi connectivity index (χ2n) is 2.70. The molecule has 0 fully saturated rings. The summed E-state index contributed by atoms with van der Waals surface area (Å²) in [6.07, 6.45) is 4.75. The molecule has 0 bridgehead atoms. The van der Waals surface area contributed by atoms with Crippen LogP contribution in [-0.4, -0.2) is 25.2 Å². The second-order valence-corrected chi connectivity index (χ2v) is 3.48. The first-order valence-electron chi connectivity index (χ1n) is 4.15. The van der Waals surface area contributed by atoms with Gasteiger partial charge in [-0.15, -0.1) is 5.10 Å². The molecule has 72 valence electrons. The summed E-state index contributed by atoms with van der Waals surface area (Å²) in [6.45, 7) is 2.73. The zero-order valence-electron chi connectivity index (χ0n) is 7.54. The zero-order valence-corrected chi connectivity index (χ0v) is 8.36. The van der Waals surface area contributed by atoms with Crippen LogP contribution >= 0.6 is 11.5 Å². The molecule has 0 amide bonds. The highest BCUT2D eigenvalue weighted by Crippen LogP contribution is 2.10. The summed E-state index contributed by atoms with van der Waals surface area (Å²) < 4.78 is 5.35. The molecule has 0 aromatic carbocycles. The molecular formula is C8H8N4OS. The molecule has 0 radical (unpaired) electrons. The van der Waals surface area contributed by atoms with E-state index in [1.54, 1.807) is 17.1 Å². The summed E-state index contributed by atoms with van der Waals surface area (Å²) in [5.74, 6) is -0.0697. The van der Waals surface area contributed by atoms with Gasteiger partial charge in [-0.25, -0.2) is 0 Å². The molecular weight excluding hydrogens is 200 g/mol. The number of carbonyl (C=O) groups is 1. The lowest BCUT2D eigenvalue weighted by molar-refractivity contribution is 0.104. The van der Waals surface area contributed by atoms with Gasteiger partial charge < -0.3 is 0 Å². The Bertz CT molecular complexity index is 434. The van der Waals surface area contributed by atoms with Crippen molar-refractivity contribution in [2.45, 2.75) is 13.5 Å². The van der Waals surface area contributed by atoms with Gasteiger partial charge in [0.1, 0.15) is 4.88 Å². The Kier molecular flexibility index (Phi) is 2.36. The minimum absolute atomic E-state index is 0.0697. The highest BCUT2D eigenvalue weighted by Gasteiger charge is 2.13. The van der Waals surface area contributed by atoms with E-state index in [0.29, 0.717) is 10.4 Å². The van der Waals surface area contributed by atoms with E-state index in [2.05, 4.69) is 14.7 Å². The molecule has 0 atom stereocenters. The van der Waals surface area contributed by atoms with Gasteiger partial charge in [0.15, 0.2) is 0 Å². The first kappa shape index (κ1) is 9.01. The standard InChI is InChI=1S/C8H8N4OS/c1-2-12-5-6(3-10-12)8(13)7-4-9-11-14-7/h3-5H,2H2,1H3. The van der Waals surface area contributed by atoms with Gasteiger partial charge in [0.25, 0.3) is 0 Å². The Morgan fingerprint density at radius 3 is 3.00 bits per heavy atom.